The number of fused-ring (bicyclic) bond motifs is 1. The molecule has 3 aromatic rings. The first-order valence-electron chi connectivity index (χ1n) is 11.9. The van der Waals surface area contributed by atoms with Crippen molar-refractivity contribution in [2.75, 3.05) is 36.4 Å². The Morgan fingerprint density at radius 2 is 1.79 bits per heavy atom. The molecule has 1 amide bonds. The van der Waals surface area contributed by atoms with Crippen LogP contribution in [0, 0.1) is 0 Å². The zero-order valence-corrected chi connectivity index (χ0v) is 20.3. The molecule has 1 aliphatic heterocycles. The summed E-state index contributed by atoms with van der Waals surface area (Å²) in [5.41, 5.74) is 10.4. The molecule has 0 saturated carbocycles. The van der Waals surface area contributed by atoms with Crippen LogP contribution in [-0.2, 0) is 6.42 Å². The molecule has 1 fully saturated rings. The van der Waals surface area contributed by atoms with E-state index in [4.69, 9.17) is 5.73 Å². The summed E-state index contributed by atoms with van der Waals surface area (Å²) in [6.07, 6.45) is -0.441. The predicted molar refractivity (Wildman–Crippen MR) is 138 cm³/mol. The molecule has 38 heavy (non-hydrogen) atoms. The van der Waals surface area contributed by atoms with E-state index in [1.165, 1.54) is 24.3 Å². The minimum Gasteiger partial charge on any atom is -0.406 e. The molecule has 3 N–H and O–H groups in total. The fourth-order valence-corrected chi connectivity index (χ4v) is 4.60. The number of nitrogens with zero attached hydrogens (tertiary/aromatic N) is 4. The summed E-state index contributed by atoms with van der Waals surface area (Å²) in [6, 6.07) is 12.8. The molecule has 2 heterocycles. The molecule has 2 aromatic carbocycles. The molecule has 0 radical (unpaired) electrons. The highest BCUT2D eigenvalue weighted by Gasteiger charge is 2.31. The van der Waals surface area contributed by atoms with Crippen LogP contribution in [0.25, 0.3) is 11.6 Å². The maximum atomic E-state index is 12.4. The van der Waals surface area contributed by atoms with Crippen LogP contribution >= 0.6 is 0 Å². The van der Waals surface area contributed by atoms with Crippen molar-refractivity contribution >= 4 is 29.1 Å². The highest BCUT2D eigenvalue weighted by molar-refractivity contribution is 5.96. The quantitative estimate of drug-likeness (QED) is 0.478. The molecule has 1 aromatic heterocycles. The molecule has 5 rings (SSSR count). The zero-order chi connectivity index (χ0) is 26.9. The molecule has 8 nitrogen and oxygen atoms in total. The second-order valence-electron chi connectivity index (χ2n) is 8.97. The predicted octanol–water partition coefficient (Wildman–Crippen LogP) is 4.28. The van der Waals surface area contributed by atoms with Crippen LogP contribution < -0.4 is 20.7 Å². The Kier molecular flexibility index (Phi) is 6.66. The van der Waals surface area contributed by atoms with Crippen LogP contribution in [0.3, 0.4) is 0 Å². The van der Waals surface area contributed by atoms with Gasteiger partial charge in [-0.1, -0.05) is 18.7 Å². The number of aromatic nitrogens is 2. The number of benzene rings is 2. The number of halogens is 3. The lowest BCUT2D eigenvalue weighted by Gasteiger charge is -2.38. The lowest BCUT2D eigenvalue weighted by Crippen LogP contribution is -2.47. The largest absolute Gasteiger partial charge is 0.573 e. The molecule has 0 spiro atoms. The second kappa shape index (κ2) is 10.1. The molecule has 0 bridgehead atoms. The Morgan fingerprint density at radius 3 is 2.47 bits per heavy atom. The number of carbonyl (C=O) groups is 1. The van der Waals surface area contributed by atoms with E-state index >= 15 is 0 Å². The first-order chi connectivity index (χ1) is 18.2. The Hall–Kier alpha value is -4.54. The fourth-order valence-electron chi connectivity index (χ4n) is 4.60. The van der Waals surface area contributed by atoms with Crippen molar-refractivity contribution in [3.63, 3.8) is 0 Å². The summed E-state index contributed by atoms with van der Waals surface area (Å²) in [5, 5.41) is 3.14. The number of alkyl halides is 3. The standard InChI is InChI=1S/C27H25F3N6O2/c1-17(34-21-5-7-22(8-6-21)38-27(28,29)30)35-9-11-36(12-10-35)26-23-14-20(15-24(23)32-16-33-26)18-3-2-4-19(13-18)25(31)37/h2-8,13-14,16,34H,1,9-12,15H2,(H2,31,37). The van der Waals surface area contributed by atoms with E-state index in [0.29, 0.717) is 49.7 Å². The van der Waals surface area contributed by atoms with Gasteiger partial charge in [0.1, 0.15) is 17.9 Å². The van der Waals surface area contributed by atoms with Crippen LogP contribution in [-0.4, -0.2) is 53.3 Å². The molecule has 1 saturated heterocycles. The van der Waals surface area contributed by atoms with Gasteiger partial charge in [0.15, 0.2) is 0 Å². The number of allylic oxidation sites excluding steroid dienone is 1. The average Bonchev–Trinajstić information content (AvgIpc) is 3.34. The summed E-state index contributed by atoms with van der Waals surface area (Å²) in [4.78, 5) is 24.9. The molecule has 11 heteroatoms. The number of hydrogen-bond donors (Lipinski definition) is 2. The van der Waals surface area contributed by atoms with Crippen molar-refractivity contribution in [2.24, 2.45) is 5.73 Å². The van der Waals surface area contributed by atoms with Crippen molar-refractivity contribution < 1.29 is 22.7 Å². The molecule has 0 atom stereocenters. The van der Waals surface area contributed by atoms with E-state index in [2.05, 4.69) is 42.5 Å². The average molecular weight is 523 g/mol. The van der Waals surface area contributed by atoms with E-state index in [0.717, 1.165) is 28.2 Å². The van der Waals surface area contributed by atoms with Crippen LogP contribution in [0.1, 0.15) is 27.2 Å². The number of ether oxygens (including phenoxy) is 1. The first-order valence-corrected chi connectivity index (χ1v) is 11.9. The van der Waals surface area contributed by atoms with E-state index < -0.39 is 12.3 Å². The van der Waals surface area contributed by atoms with Crippen LogP contribution in [0.4, 0.5) is 24.7 Å². The molecule has 0 unspecified atom stereocenters. The normalized spacial score (nSPS) is 15.1. The van der Waals surface area contributed by atoms with Gasteiger partial charge in [-0.05, 0) is 53.6 Å². The number of nitrogens with two attached hydrogens (primary N) is 1. The van der Waals surface area contributed by atoms with Gasteiger partial charge in [-0.2, -0.15) is 0 Å². The number of primary amides is 1. The van der Waals surface area contributed by atoms with Gasteiger partial charge in [-0.15, -0.1) is 13.2 Å². The van der Waals surface area contributed by atoms with Gasteiger partial charge in [0, 0.05) is 49.4 Å². The summed E-state index contributed by atoms with van der Waals surface area (Å²) < 4.78 is 41.0. The Labute approximate surface area is 217 Å². The SMILES string of the molecule is C=C(Nc1ccc(OC(F)(F)F)cc1)N1CCN(c2ncnc3c2C=C(c2cccc(C(N)=O)c2)C3)CC1. The third-order valence-electron chi connectivity index (χ3n) is 6.48. The van der Waals surface area contributed by atoms with Gasteiger partial charge in [-0.25, -0.2) is 9.97 Å². The number of amides is 1. The van der Waals surface area contributed by atoms with Crippen LogP contribution in [0.2, 0.25) is 0 Å². The monoisotopic (exact) mass is 522 g/mol. The van der Waals surface area contributed by atoms with Crippen molar-refractivity contribution in [2.45, 2.75) is 12.8 Å². The summed E-state index contributed by atoms with van der Waals surface area (Å²) >= 11 is 0. The summed E-state index contributed by atoms with van der Waals surface area (Å²) in [7, 11) is 0. The zero-order valence-electron chi connectivity index (χ0n) is 20.3. The summed E-state index contributed by atoms with van der Waals surface area (Å²) in [5.74, 6) is 0.760. The second-order valence-corrected chi connectivity index (χ2v) is 8.97. The van der Waals surface area contributed by atoms with E-state index in [1.54, 1.807) is 18.5 Å². The van der Waals surface area contributed by atoms with E-state index in [-0.39, 0.29) is 5.75 Å². The molecular formula is C27H25F3N6O2. The Morgan fingerprint density at radius 1 is 1.05 bits per heavy atom. The Balaban J connectivity index is 1.22. The fraction of sp³-hybridized carbons (Fsp3) is 0.222. The van der Waals surface area contributed by atoms with Crippen molar-refractivity contribution in [3.8, 4) is 5.75 Å². The van der Waals surface area contributed by atoms with E-state index in [1.807, 2.05) is 12.1 Å². The summed E-state index contributed by atoms with van der Waals surface area (Å²) in [6.45, 7) is 6.84. The highest BCUT2D eigenvalue weighted by atomic mass is 19.4. The van der Waals surface area contributed by atoms with Gasteiger partial charge < -0.3 is 25.6 Å². The van der Waals surface area contributed by atoms with Gasteiger partial charge in [0.25, 0.3) is 0 Å². The minimum atomic E-state index is -4.73. The van der Waals surface area contributed by atoms with Crippen LogP contribution in [0.5, 0.6) is 5.75 Å². The number of rotatable bonds is 7. The van der Waals surface area contributed by atoms with Crippen LogP contribution in [0.15, 0.2) is 67.3 Å². The van der Waals surface area contributed by atoms with Gasteiger partial charge in [-0.3, -0.25) is 4.79 Å². The number of nitrogens with one attached hydrogen (secondary N) is 1. The number of anilines is 2. The molecule has 2 aliphatic rings. The molecular weight excluding hydrogens is 497 g/mol. The highest BCUT2D eigenvalue weighted by Crippen LogP contribution is 2.35. The maximum Gasteiger partial charge on any atom is 0.573 e. The minimum absolute atomic E-state index is 0.280. The van der Waals surface area contributed by atoms with Gasteiger partial charge in [0.05, 0.1) is 11.5 Å². The molecule has 1 aliphatic carbocycles. The van der Waals surface area contributed by atoms with Gasteiger partial charge in [0.2, 0.25) is 5.91 Å². The maximum absolute atomic E-state index is 12.4. The smallest absolute Gasteiger partial charge is 0.406 e. The van der Waals surface area contributed by atoms with Crippen molar-refractivity contribution in [1.82, 2.24) is 14.9 Å². The first kappa shape index (κ1) is 25.1. The Bertz CT molecular complexity index is 1400. The molecule has 196 valence electrons. The number of piperazine rings is 1. The van der Waals surface area contributed by atoms with Crippen molar-refractivity contribution in [1.29, 1.82) is 0 Å². The third-order valence-corrected chi connectivity index (χ3v) is 6.48. The third kappa shape index (κ3) is 5.56. The lowest BCUT2D eigenvalue weighted by molar-refractivity contribution is -0.274. The lowest BCUT2D eigenvalue weighted by atomic mass is 10.0. The topological polar surface area (TPSA) is 96.6 Å². The number of hydrogen-bond acceptors (Lipinski definition) is 7. The van der Waals surface area contributed by atoms with Crippen molar-refractivity contribution in [3.05, 3.63) is 89.6 Å². The number of carbonyl (C=O) groups excluding carboxylic acids is 1. The van der Waals surface area contributed by atoms with E-state index in [9.17, 15) is 18.0 Å². The van der Waals surface area contributed by atoms with Gasteiger partial charge >= 0.3 is 6.36 Å².